The number of alkyl carbamates (subject to hydrolysis) is 1. The van der Waals surface area contributed by atoms with Crippen molar-refractivity contribution in [3.05, 3.63) is 65.7 Å². The summed E-state index contributed by atoms with van der Waals surface area (Å²) in [6.07, 6.45) is 11.6. The molecule has 286 valence electrons. The van der Waals surface area contributed by atoms with Crippen LogP contribution in [0.4, 0.5) is 4.79 Å². The summed E-state index contributed by atoms with van der Waals surface area (Å²) in [5, 5.41) is 8.79. The molecule has 51 heavy (non-hydrogen) atoms. The van der Waals surface area contributed by atoms with E-state index < -0.39 is 18.2 Å². The fourth-order valence-electron chi connectivity index (χ4n) is 5.58. The van der Waals surface area contributed by atoms with E-state index in [1.54, 1.807) is 0 Å². The first kappa shape index (κ1) is 43.5. The van der Waals surface area contributed by atoms with Gasteiger partial charge in [-0.2, -0.15) is 0 Å². The predicted octanol–water partition coefficient (Wildman–Crippen LogP) is 5.44. The molecular weight excluding hydrogens is 644 g/mol. The highest BCUT2D eigenvalue weighted by Crippen LogP contribution is 2.14. The lowest BCUT2D eigenvalue weighted by Gasteiger charge is -2.23. The van der Waals surface area contributed by atoms with Crippen molar-refractivity contribution in [3.63, 3.8) is 0 Å². The van der Waals surface area contributed by atoms with Crippen LogP contribution in [0.1, 0.15) is 102 Å². The van der Waals surface area contributed by atoms with E-state index >= 15 is 0 Å². The molecule has 0 unspecified atom stereocenters. The number of benzene rings is 2. The fourth-order valence-corrected chi connectivity index (χ4v) is 5.58. The van der Waals surface area contributed by atoms with Crippen molar-refractivity contribution in [2.75, 3.05) is 45.9 Å². The molecule has 11 nitrogen and oxygen atoms in total. The molecule has 0 aliphatic carbocycles. The van der Waals surface area contributed by atoms with Gasteiger partial charge >= 0.3 is 6.09 Å². The van der Waals surface area contributed by atoms with E-state index in [4.69, 9.17) is 20.9 Å². The molecule has 2 aromatic rings. The highest BCUT2D eigenvalue weighted by Gasteiger charge is 2.14. The maximum Gasteiger partial charge on any atom is 0.407 e. The highest BCUT2D eigenvalue weighted by molar-refractivity contribution is 5.81. The average Bonchev–Trinajstić information content (AvgIpc) is 3.14. The lowest BCUT2D eigenvalue weighted by Crippen LogP contribution is -2.42. The molecule has 0 fully saturated rings. The van der Waals surface area contributed by atoms with Crippen molar-refractivity contribution in [2.45, 2.75) is 116 Å². The number of ether oxygens (including phenoxy) is 2. The smallest absolute Gasteiger partial charge is 0.407 e. The Morgan fingerprint density at radius 1 is 0.647 bits per heavy atom. The number of hydrogen-bond acceptors (Lipinski definition) is 8. The molecule has 0 heterocycles. The number of nitrogens with one attached hydrogen (secondary N) is 3. The van der Waals surface area contributed by atoms with E-state index in [2.05, 4.69) is 46.8 Å². The SMILES string of the molecule is CCCCC[C@H](N)C(=O)NCCCN(CCCNC(=O)[C@@H](N)CCCCC)CCOc1ccc(CCCCNC(=O)OCc2ccccc2)cc1. The third-order valence-corrected chi connectivity index (χ3v) is 8.79. The monoisotopic (exact) mass is 711 g/mol. The molecule has 7 N–H and O–H groups in total. The van der Waals surface area contributed by atoms with Gasteiger partial charge in [-0.25, -0.2) is 4.79 Å². The molecule has 0 aliphatic heterocycles. The Labute approximate surface area is 307 Å². The minimum Gasteiger partial charge on any atom is -0.492 e. The second-order valence-corrected chi connectivity index (χ2v) is 13.3. The summed E-state index contributed by atoms with van der Waals surface area (Å²) in [5.74, 6) is 0.645. The van der Waals surface area contributed by atoms with E-state index in [1.165, 1.54) is 5.56 Å². The first-order valence-corrected chi connectivity index (χ1v) is 19.3. The van der Waals surface area contributed by atoms with Gasteiger partial charge in [0.25, 0.3) is 0 Å². The molecular formula is C40H66N6O5. The number of hydrogen-bond donors (Lipinski definition) is 5. The number of carbonyl (C=O) groups is 3. The Morgan fingerprint density at radius 3 is 1.78 bits per heavy atom. The molecule has 0 aliphatic rings. The van der Waals surface area contributed by atoms with Crippen molar-refractivity contribution in [2.24, 2.45) is 11.5 Å². The Balaban J connectivity index is 1.70. The predicted molar refractivity (Wildman–Crippen MR) is 205 cm³/mol. The van der Waals surface area contributed by atoms with Crippen LogP contribution in [-0.4, -0.2) is 80.8 Å². The van der Waals surface area contributed by atoms with Gasteiger partial charge in [0.15, 0.2) is 0 Å². The van der Waals surface area contributed by atoms with Crippen molar-refractivity contribution in [1.82, 2.24) is 20.9 Å². The number of nitrogens with zero attached hydrogens (tertiary/aromatic N) is 1. The Kier molecular flexibility index (Phi) is 23.9. The normalized spacial score (nSPS) is 12.3. The van der Waals surface area contributed by atoms with Crippen molar-refractivity contribution in [3.8, 4) is 5.75 Å². The maximum absolute atomic E-state index is 12.4. The molecule has 2 rings (SSSR count). The summed E-state index contributed by atoms with van der Waals surface area (Å²) in [4.78, 5) is 39.0. The number of unbranched alkanes of at least 4 members (excludes halogenated alkanes) is 5. The van der Waals surface area contributed by atoms with Crippen LogP contribution in [-0.2, 0) is 27.4 Å². The van der Waals surface area contributed by atoms with Crippen molar-refractivity contribution in [1.29, 1.82) is 0 Å². The molecule has 0 saturated carbocycles. The molecule has 0 saturated heterocycles. The molecule has 2 atom stereocenters. The van der Waals surface area contributed by atoms with Crippen LogP contribution in [0.15, 0.2) is 54.6 Å². The number of carbonyl (C=O) groups excluding carboxylic acids is 3. The molecule has 0 bridgehead atoms. The van der Waals surface area contributed by atoms with Crippen LogP contribution in [0.25, 0.3) is 0 Å². The number of rotatable bonds is 29. The Hall–Kier alpha value is -3.67. The first-order chi connectivity index (χ1) is 24.8. The van der Waals surface area contributed by atoms with Crippen LogP contribution in [0.5, 0.6) is 5.75 Å². The van der Waals surface area contributed by atoms with E-state index in [9.17, 15) is 14.4 Å². The third kappa shape index (κ3) is 21.3. The Morgan fingerprint density at radius 2 is 1.22 bits per heavy atom. The van der Waals surface area contributed by atoms with Crippen molar-refractivity contribution < 1.29 is 23.9 Å². The first-order valence-electron chi connectivity index (χ1n) is 19.3. The molecule has 0 spiro atoms. The summed E-state index contributed by atoms with van der Waals surface area (Å²) in [6.45, 7) is 9.06. The van der Waals surface area contributed by atoms with Gasteiger partial charge in [-0.1, -0.05) is 94.8 Å². The van der Waals surface area contributed by atoms with E-state index in [0.717, 1.165) is 102 Å². The minimum atomic E-state index is -0.456. The van der Waals surface area contributed by atoms with E-state index in [1.807, 2.05) is 42.5 Å². The third-order valence-electron chi connectivity index (χ3n) is 8.79. The Bertz CT molecular complexity index is 1160. The van der Waals surface area contributed by atoms with E-state index in [-0.39, 0.29) is 18.4 Å². The highest BCUT2D eigenvalue weighted by atomic mass is 16.5. The zero-order valence-electron chi connectivity index (χ0n) is 31.3. The minimum absolute atomic E-state index is 0.0849. The van der Waals surface area contributed by atoms with Gasteiger partial charge in [-0.15, -0.1) is 0 Å². The lowest BCUT2D eigenvalue weighted by molar-refractivity contribution is -0.123. The zero-order chi connectivity index (χ0) is 36.9. The second-order valence-electron chi connectivity index (χ2n) is 13.3. The van der Waals surface area contributed by atoms with Gasteiger partial charge < -0.3 is 36.9 Å². The van der Waals surface area contributed by atoms with Gasteiger partial charge in [0.1, 0.15) is 19.0 Å². The average molecular weight is 711 g/mol. The number of nitrogens with two attached hydrogens (primary N) is 2. The van der Waals surface area contributed by atoms with Gasteiger partial charge in [0.2, 0.25) is 11.8 Å². The number of amides is 3. The quantitative estimate of drug-likeness (QED) is 0.0698. The topological polar surface area (TPSA) is 161 Å². The molecule has 0 aromatic heterocycles. The summed E-state index contributed by atoms with van der Waals surface area (Å²) >= 11 is 0. The summed E-state index contributed by atoms with van der Waals surface area (Å²) < 4.78 is 11.3. The standard InChI is InChI=1S/C40H66N6O5/c1-3-5-8-19-36(41)38(47)43-26-14-28-46(29-15-27-44-39(48)37(42)20-9-6-4-2)30-31-50-35-23-21-33(22-24-35)16-12-13-25-45-40(49)51-32-34-17-10-7-11-18-34/h7,10-11,17-18,21-24,36-37H,3-6,8-9,12-16,19-20,25-32,41-42H2,1-2H3,(H,43,47)(H,44,48)(H,45,49)/t36-,37-/m0/s1. The summed E-state index contributed by atoms with van der Waals surface area (Å²) in [5.41, 5.74) is 14.3. The maximum atomic E-state index is 12.4. The van der Waals surface area contributed by atoms with Crippen LogP contribution in [0.3, 0.4) is 0 Å². The van der Waals surface area contributed by atoms with Crippen LogP contribution in [0, 0.1) is 0 Å². The van der Waals surface area contributed by atoms with Gasteiger partial charge in [-0.3, -0.25) is 14.5 Å². The lowest BCUT2D eigenvalue weighted by atomic mass is 10.1. The number of aryl methyl sites for hydroxylation is 1. The molecule has 0 radical (unpaired) electrons. The largest absolute Gasteiger partial charge is 0.492 e. The molecule has 2 aromatic carbocycles. The molecule has 3 amide bonds. The van der Waals surface area contributed by atoms with Gasteiger partial charge in [0, 0.05) is 26.2 Å². The van der Waals surface area contributed by atoms with Crippen LogP contribution >= 0.6 is 0 Å². The van der Waals surface area contributed by atoms with E-state index in [0.29, 0.717) is 39.1 Å². The van der Waals surface area contributed by atoms with Crippen LogP contribution < -0.4 is 32.2 Å². The van der Waals surface area contributed by atoms with Crippen LogP contribution in [0.2, 0.25) is 0 Å². The molecule has 11 heteroatoms. The second kappa shape index (κ2) is 28.0. The zero-order valence-corrected chi connectivity index (χ0v) is 31.3. The summed E-state index contributed by atoms with van der Waals surface area (Å²) in [7, 11) is 0. The van der Waals surface area contributed by atoms with Gasteiger partial charge in [-0.05, 0) is 81.3 Å². The van der Waals surface area contributed by atoms with Gasteiger partial charge in [0.05, 0.1) is 12.1 Å². The van der Waals surface area contributed by atoms with Crippen molar-refractivity contribution >= 4 is 17.9 Å². The summed E-state index contributed by atoms with van der Waals surface area (Å²) in [6, 6.07) is 16.9. The fraction of sp³-hybridized carbons (Fsp3) is 0.625.